The summed E-state index contributed by atoms with van der Waals surface area (Å²) in [5.74, 6) is 0. The van der Waals surface area contributed by atoms with E-state index in [-0.39, 0.29) is 12.1 Å². The molecule has 25 heavy (non-hydrogen) atoms. The molecule has 1 N–H and O–H groups in total. The second-order valence-corrected chi connectivity index (χ2v) is 5.78. The van der Waals surface area contributed by atoms with Crippen LogP contribution in [0.25, 0.3) is 11.0 Å². The van der Waals surface area contributed by atoms with Gasteiger partial charge in [-0.25, -0.2) is 9.42 Å². The van der Waals surface area contributed by atoms with E-state index < -0.39 is 0 Å². The van der Waals surface area contributed by atoms with E-state index in [1.807, 2.05) is 31.3 Å². The van der Waals surface area contributed by atoms with Crippen LogP contribution in [0.2, 0.25) is 0 Å². The Morgan fingerprint density at radius 3 is 2.88 bits per heavy atom. The predicted octanol–water partition coefficient (Wildman–Crippen LogP) is 1.49. The van der Waals surface area contributed by atoms with Crippen molar-refractivity contribution >= 4 is 17.1 Å². The van der Waals surface area contributed by atoms with Gasteiger partial charge in [-0.3, -0.25) is 4.68 Å². The first-order valence-corrected chi connectivity index (χ1v) is 7.78. The number of rotatable bonds is 6. The fourth-order valence-electron chi connectivity index (χ4n) is 2.62. The van der Waals surface area contributed by atoms with Crippen molar-refractivity contribution in [1.29, 1.82) is 0 Å². The van der Waals surface area contributed by atoms with Crippen molar-refractivity contribution < 1.29 is 14.2 Å². The average Bonchev–Trinajstić information content (AvgIpc) is 3.22. The summed E-state index contributed by atoms with van der Waals surface area (Å²) in [6, 6.07) is 6.93. The number of aryl methyl sites for hydroxylation is 1. The number of carbonyl (C=O) groups excluding carboxylic acids is 1. The number of amides is 2. The van der Waals surface area contributed by atoms with Gasteiger partial charge < -0.3 is 15.0 Å². The summed E-state index contributed by atoms with van der Waals surface area (Å²) < 4.78 is 11.6. The van der Waals surface area contributed by atoms with Crippen LogP contribution >= 0.6 is 0 Å². The number of carbonyl (C=O) groups is 1. The van der Waals surface area contributed by atoms with Crippen LogP contribution in [0.3, 0.4) is 0 Å². The molecule has 0 aliphatic heterocycles. The van der Waals surface area contributed by atoms with Crippen molar-refractivity contribution in [2.45, 2.75) is 12.6 Å². The number of ether oxygens (including phenoxy) is 1. The first-order valence-electron chi connectivity index (χ1n) is 7.78. The molecule has 2 heterocycles. The molecule has 132 valence electrons. The summed E-state index contributed by atoms with van der Waals surface area (Å²) >= 11 is 0. The van der Waals surface area contributed by atoms with Crippen LogP contribution in [0, 0.1) is 0 Å². The van der Waals surface area contributed by atoms with E-state index in [1.54, 1.807) is 29.9 Å². The number of hydrogen-bond donors (Lipinski definition) is 1. The Bertz CT molecular complexity index is 858. The third kappa shape index (κ3) is 3.77. The maximum absolute atomic E-state index is 12.5. The van der Waals surface area contributed by atoms with Gasteiger partial charge in [0.15, 0.2) is 0 Å². The van der Waals surface area contributed by atoms with Crippen molar-refractivity contribution in [3.8, 4) is 0 Å². The molecule has 3 aromatic rings. The van der Waals surface area contributed by atoms with Gasteiger partial charge in [0.25, 0.3) is 0 Å². The van der Waals surface area contributed by atoms with Gasteiger partial charge in [0.05, 0.1) is 18.3 Å². The quantitative estimate of drug-likeness (QED) is 0.727. The molecule has 9 heteroatoms. The predicted molar refractivity (Wildman–Crippen MR) is 89.6 cm³/mol. The summed E-state index contributed by atoms with van der Waals surface area (Å²) in [7, 11) is 5.16. The van der Waals surface area contributed by atoms with Crippen molar-refractivity contribution in [3.63, 3.8) is 0 Å². The van der Waals surface area contributed by atoms with E-state index in [1.165, 1.54) is 0 Å². The number of benzene rings is 1. The zero-order valence-corrected chi connectivity index (χ0v) is 14.3. The van der Waals surface area contributed by atoms with Crippen LogP contribution in [-0.4, -0.2) is 51.8 Å². The standard InChI is InChI=1S/C16H20N6O3/c1-21(9-11-4-5-12-13(8-11)20-25-19-12)16(23)18-14(10-24-3)15-6-7-17-22(15)2/h4-8,14H,9-10H2,1-3H3,(H,18,23)/t14-/m1/s1. The van der Waals surface area contributed by atoms with Crippen LogP contribution in [0.15, 0.2) is 35.1 Å². The zero-order chi connectivity index (χ0) is 17.8. The Kier molecular flexibility index (Phi) is 4.94. The molecule has 0 radical (unpaired) electrons. The van der Waals surface area contributed by atoms with E-state index >= 15 is 0 Å². The van der Waals surface area contributed by atoms with Crippen molar-refractivity contribution in [3.05, 3.63) is 41.7 Å². The van der Waals surface area contributed by atoms with E-state index in [2.05, 4.69) is 25.4 Å². The van der Waals surface area contributed by atoms with Gasteiger partial charge in [-0.1, -0.05) is 6.07 Å². The molecule has 0 saturated heterocycles. The molecule has 1 atom stereocenters. The third-order valence-corrected chi connectivity index (χ3v) is 3.93. The number of fused-ring (bicyclic) bond motifs is 1. The molecule has 9 nitrogen and oxygen atoms in total. The molecule has 0 aliphatic carbocycles. The lowest BCUT2D eigenvalue weighted by Crippen LogP contribution is -2.41. The highest BCUT2D eigenvalue weighted by Crippen LogP contribution is 2.15. The normalized spacial score (nSPS) is 12.3. The van der Waals surface area contributed by atoms with Gasteiger partial charge in [0.1, 0.15) is 11.0 Å². The lowest BCUT2D eigenvalue weighted by molar-refractivity contribution is 0.154. The van der Waals surface area contributed by atoms with Crippen molar-refractivity contribution in [2.24, 2.45) is 7.05 Å². The fourth-order valence-corrected chi connectivity index (χ4v) is 2.62. The topological polar surface area (TPSA) is 98.3 Å². The van der Waals surface area contributed by atoms with Crippen LogP contribution in [0.4, 0.5) is 4.79 Å². The van der Waals surface area contributed by atoms with Crippen LogP contribution < -0.4 is 5.32 Å². The Morgan fingerprint density at radius 2 is 2.16 bits per heavy atom. The molecule has 2 aromatic heterocycles. The summed E-state index contributed by atoms with van der Waals surface area (Å²) in [4.78, 5) is 14.1. The second kappa shape index (κ2) is 7.31. The Hall–Kier alpha value is -2.94. The van der Waals surface area contributed by atoms with Gasteiger partial charge in [-0.2, -0.15) is 5.10 Å². The Morgan fingerprint density at radius 1 is 1.36 bits per heavy atom. The van der Waals surface area contributed by atoms with E-state index in [0.29, 0.717) is 24.2 Å². The SMILES string of the molecule is COC[C@@H](NC(=O)N(C)Cc1ccc2nonc2c1)c1ccnn1C. The lowest BCUT2D eigenvalue weighted by atomic mass is 10.2. The number of methoxy groups -OCH3 is 1. The molecule has 2 amide bonds. The van der Waals surface area contributed by atoms with Crippen molar-refractivity contribution in [1.82, 2.24) is 30.3 Å². The van der Waals surface area contributed by atoms with Crippen LogP contribution in [0.1, 0.15) is 17.3 Å². The third-order valence-electron chi connectivity index (χ3n) is 3.93. The highest BCUT2D eigenvalue weighted by Gasteiger charge is 2.20. The maximum atomic E-state index is 12.5. The number of nitrogens with zero attached hydrogens (tertiary/aromatic N) is 5. The first kappa shape index (κ1) is 16.9. The number of nitrogens with one attached hydrogen (secondary N) is 1. The van der Waals surface area contributed by atoms with Gasteiger partial charge in [0, 0.05) is 33.9 Å². The van der Waals surface area contributed by atoms with Crippen molar-refractivity contribution in [2.75, 3.05) is 20.8 Å². The summed E-state index contributed by atoms with van der Waals surface area (Å²) in [6.45, 7) is 0.787. The highest BCUT2D eigenvalue weighted by atomic mass is 16.6. The summed E-state index contributed by atoms with van der Waals surface area (Å²) in [6.07, 6.45) is 1.69. The van der Waals surface area contributed by atoms with Gasteiger partial charge in [-0.05, 0) is 34.1 Å². The highest BCUT2D eigenvalue weighted by molar-refractivity contribution is 5.76. The minimum Gasteiger partial charge on any atom is -0.382 e. The first-order chi connectivity index (χ1) is 12.1. The van der Waals surface area contributed by atoms with Crippen LogP contribution in [0.5, 0.6) is 0 Å². The van der Waals surface area contributed by atoms with Crippen LogP contribution in [-0.2, 0) is 18.3 Å². The molecule has 3 rings (SSSR count). The molecule has 0 aliphatic rings. The largest absolute Gasteiger partial charge is 0.382 e. The van der Waals surface area contributed by atoms with E-state index in [4.69, 9.17) is 4.74 Å². The summed E-state index contributed by atoms with van der Waals surface area (Å²) in [5, 5.41) is 14.7. The number of aromatic nitrogens is 4. The number of urea groups is 1. The average molecular weight is 344 g/mol. The lowest BCUT2D eigenvalue weighted by Gasteiger charge is -2.23. The van der Waals surface area contributed by atoms with E-state index in [9.17, 15) is 4.79 Å². The summed E-state index contributed by atoms with van der Waals surface area (Å²) in [5.41, 5.74) is 3.16. The maximum Gasteiger partial charge on any atom is 0.318 e. The molecule has 0 unspecified atom stereocenters. The van der Waals surface area contributed by atoms with E-state index in [0.717, 1.165) is 11.3 Å². The Labute approximate surface area is 144 Å². The van der Waals surface area contributed by atoms with Gasteiger partial charge in [-0.15, -0.1) is 0 Å². The van der Waals surface area contributed by atoms with Gasteiger partial charge >= 0.3 is 6.03 Å². The number of hydrogen-bond acceptors (Lipinski definition) is 6. The molecule has 0 bridgehead atoms. The zero-order valence-electron chi connectivity index (χ0n) is 14.3. The minimum absolute atomic E-state index is 0.207. The fraction of sp³-hybridized carbons (Fsp3) is 0.375. The molecular formula is C16H20N6O3. The van der Waals surface area contributed by atoms with Gasteiger partial charge in [0.2, 0.25) is 0 Å². The molecule has 0 fully saturated rings. The second-order valence-electron chi connectivity index (χ2n) is 5.78. The molecule has 0 spiro atoms. The Balaban J connectivity index is 1.67. The molecular weight excluding hydrogens is 324 g/mol. The molecule has 0 saturated carbocycles. The monoisotopic (exact) mass is 344 g/mol. The minimum atomic E-state index is -0.283. The molecule has 1 aromatic carbocycles. The smallest absolute Gasteiger partial charge is 0.318 e.